The number of rotatable bonds is 2. The molecule has 1 aliphatic heterocycles. The Labute approximate surface area is 128 Å². The minimum absolute atomic E-state index is 0. The number of piperazine rings is 1. The van der Waals surface area contributed by atoms with E-state index >= 15 is 0 Å². The molecular weight excluding hydrogens is 270 g/mol. The fourth-order valence-electron chi connectivity index (χ4n) is 3.65. The van der Waals surface area contributed by atoms with E-state index in [1.165, 1.54) is 50.8 Å². The number of nitrogens with zero attached hydrogens (tertiary/aromatic N) is 2. The quantitative estimate of drug-likeness (QED) is 0.909. The lowest BCUT2D eigenvalue weighted by Crippen LogP contribution is -2.61. The van der Waals surface area contributed by atoms with Crippen molar-refractivity contribution in [2.45, 2.75) is 51.1 Å². The van der Waals surface area contributed by atoms with Crippen molar-refractivity contribution in [1.29, 1.82) is 0 Å². The van der Waals surface area contributed by atoms with Crippen LogP contribution in [0, 0.1) is 6.92 Å². The van der Waals surface area contributed by atoms with E-state index in [0.717, 1.165) is 18.8 Å². The summed E-state index contributed by atoms with van der Waals surface area (Å²) in [6.45, 7) is 6.59. The molecule has 1 N–H and O–H groups in total. The summed E-state index contributed by atoms with van der Waals surface area (Å²) in [5, 5.41) is 3.61. The van der Waals surface area contributed by atoms with E-state index in [2.05, 4.69) is 34.3 Å². The molecule has 0 bridgehead atoms. The molecule has 3 nitrogen and oxygen atoms in total. The topological polar surface area (TPSA) is 28.2 Å². The van der Waals surface area contributed by atoms with Crippen LogP contribution in [0.5, 0.6) is 0 Å². The Hall–Kier alpha value is -0.640. The second-order valence-corrected chi connectivity index (χ2v) is 6.19. The minimum Gasteiger partial charge on any atom is -0.314 e. The van der Waals surface area contributed by atoms with Crippen LogP contribution < -0.4 is 5.32 Å². The second kappa shape index (κ2) is 6.88. The summed E-state index contributed by atoms with van der Waals surface area (Å²) in [6.07, 6.45) is 8.98. The summed E-state index contributed by atoms with van der Waals surface area (Å²) in [4.78, 5) is 7.15. The Bertz CT molecular complexity index is 404. The number of halogens is 1. The SMILES string of the molecule is Cc1ccc(CN2CCNCC23CCCCC3)cn1.Cl. The third kappa shape index (κ3) is 3.33. The Kier molecular flexibility index (Phi) is 5.42. The van der Waals surface area contributed by atoms with Crippen molar-refractivity contribution in [2.24, 2.45) is 0 Å². The first-order valence-corrected chi connectivity index (χ1v) is 7.66. The number of pyridine rings is 1. The molecule has 1 saturated heterocycles. The molecule has 3 rings (SSSR count). The predicted molar refractivity (Wildman–Crippen MR) is 85.3 cm³/mol. The molecule has 1 aliphatic carbocycles. The van der Waals surface area contributed by atoms with E-state index in [-0.39, 0.29) is 12.4 Å². The van der Waals surface area contributed by atoms with Gasteiger partial charge in [-0.1, -0.05) is 25.3 Å². The van der Waals surface area contributed by atoms with E-state index in [9.17, 15) is 0 Å². The summed E-state index contributed by atoms with van der Waals surface area (Å²) in [5.74, 6) is 0. The highest BCUT2D eigenvalue weighted by Gasteiger charge is 2.39. The fourth-order valence-corrected chi connectivity index (χ4v) is 3.65. The van der Waals surface area contributed by atoms with Crippen molar-refractivity contribution in [3.63, 3.8) is 0 Å². The summed E-state index contributed by atoms with van der Waals surface area (Å²) < 4.78 is 0. The predicted octanol–water partition coefficient (Wildman–Crippen LogP) is 2.92. The molecule has 2 fully saturated rings. The fraction of sp³-hybridized carbons (Fsp3) is 0.688. The molecule has 1 spiro atoms. The van der Waals surface area contributed by atoms with Gasteiger partial charge in [0.25, 0.3) is 0 Å². The van der Waals surface area contributed by atoms with Crippen LogP contribution in [0.15, 0.2) is 18.3 Å². The van der Waals surface area contributed by atoms with Gasteiger partial charge in [0.1, 0.15) is 0 Å². The van der Waals surface area contributed by atoms with Gasteiger partial charge in [0.05, 0.1) is 0 Å². The first kappa shape index (κ1) is 15.7. The van der Waals surface area contributed by atoms with E-state index in [4.69, 9.17) is 0 Å². The number of hydrogen-bond donors (Lipinski definition) is 1. The zero-order valence-electron chi connectivity index (χ0n) is 12.4. The maximum atomic E-state index is 4.44. The summed E-state index contributed by atoms with van der Waals surface area (Å²) in [7, 11) is 0. The van der Waals surface area contributed by atoms with Gasteiger partial charge in [0.15, 0.2) is 0 Å². The smallest absolute Gasteiger partial charge is 0.0372 e. The Balaban J connectivity index is 0.00000147. The van der Waals surface area contributed by atoms with Gasteiger partial charge < -0.3 is 5.32 Å². The molecule has 1 aromatic heterocycles. The average Bonchev–Trinajstić information content (AvgIpc) is 2.45. The van der Waals surface area contributed by atoms with Gasteiger partial charge in [0, 0.05) is 43.6 Å². The highest BCUT2D eigenvalue weighted by Crippen LogP contribution is 2.35. The van der Waals surface area contributed by atoms with E-state index in [0.29, 0.717) is 5.54 Å². The van der Waals surface area contributed by atoms with Gasteiger partial charge in [-0.2, -0.15) is 0 Å². The van der Waals surface area contributed by atoms with Crippen molar-refractivity contribution in [3.05, 3.63) is 29.6 Å². The number of hydrogen-bond acceptors (Lipinski definition) is 3. The van der Waals surface area contributed by atoms with Crippen molar-refractivity contribution in [2.75, 3.05) is 19.6 Å². The standard InChI is InChI=1S/C16H25N3.ClH/c1-14-5-6-15(11-18-14)12-19-10-9-17-13-16(19)7-3-2-4-8-16;/h5-6,11,17H,2-4,7-10,12-13H2,1H3;1H. The van der Waals surface area contributed by atoms with Crippen LogP contribution in [0.25, 0.3) is 0 Å². The highest BCUT2D eigenvalue weighted by molar-refractivity contribution is 5.85. The molecule has 0 aromatic carbocycles. The lowest BCUT2D eigenvalue weighted by atomic mass is 9.79. The molecule has 2 heterocycles. The molecule has 0 amide bonds. The van der Waals surface area contributed by atoms with Crippen LogP contribution in [0.1, 0.15) is 43.4 Å². The third-order valence-electron chi connectivity index (χ3n) is 4.81. The molecule has 0 unspecified atom stereocenters. The molecule has 0 radical (unpaired) electrons. The van der Waals surface area contributed by atoms with Crippen molar-refractivity contribution < 1.29 is 0 Å². The maximum absolute atomic E-state index is 4.44. The number of aromatic nitrogens is 1. The van der Waals surface area contributed by atoms with Crippen molar-refractivity contribution in [1.82, 2.24) is 15.2 Å². The molecule has 112 valence electrons. The zero-order chi connectivity index (χ0) is 13.1. The van der Waals surface area contributed by atoms with Gasteiger partial charge in [-0.3, -0.25) is 9.88 Å². The lowest BCUT2D eigenvalue weighted by molar-refractivity contribution is 0.0208. The Morgan fingerprint density at radius 3 is 2.75 bits per heavy atom. The van der Waals surface area contributed by atoms with Gasteiger partial charge in [-0.05, 0) is 31.4 Å². The summed E-state index contributed by atoms with van der Waals surface area (Å²) in [6, 6.07) is 4.37. The van der Waals surface area contributed by atoms with Crippen LogP contribution >= 0.6 is 12.4 Å². The Morgan fingerprint density at radius 1 is 1.25 bits per heavy atom. The van der Waals surface area contributed by atoms with Gasteiger partial charge in [-0.15, -0.1) is 12.4 Å². The van der Waals surface area contributed by atoms with E-state index < -0.39 is 0 Å². The molecule has 4 heteroatoms. The normalized spacial score (nSPS) is 22.4. The van der Waals surface area contributed by atoms with Gasteiger partial charge in [0.2, 0.25) is 0 Å². The first-order chi connectivity index (χ1) is 9.28. The molecule has 2 aliphatic rings. The Morgan fingerprint density at radius 2 is 2.05 bits per heavy atom. The van der Waals surface area contributed by atoms with Crippen LogP contribution in [0.3, 0.4) is 0 Å². The molecule has 1 aromatic rings. The minimum atomic E-state index is 0. The molecular formula is C16H26ClN3. The second-order valence-electron chi connectivity index (χ2n) is 6.19. The largest absolute Gasteiger partial charge is 0.314 e. The lowest BCUT2D eigenvalue weighted by Gasteiger charge is -2.50. The molecule has 20 heavy (non-hydrogen) atoms. The van der Waals surface area contributed by atoms with Crippen LogP contribution in [0.4, 0.5) is 0 Å². The molecule has 0 atom stereocenters. The maximum Gasteiger partial charge on any atom is 0.0372 e. The van der Waals surface area contributed by atoms with Gasteiger partial charge >= 0.3 is 0 Å². The first-order valence-electron chi connectivity index (χ1n) is 7.66. The number of aryl methyl sites for hydroxylation is 1. The van der Waals surface area contributed by atoms with E-state index in [1.54, 1.807) is 0 Å². The van der Waals surface area contributed by atoms with Gasteiger partial charge in [-0.25, -0.2) is 0 Å². The number of nitrogens with one attached hydrogen (secondary N) is 1. The average molecular weight is 296 g/mol. The zero-order valence-corrected chi connectivity index (χ0v) is 13.2. The van der Waals surface area contributed by atoms with Crippen LogP contribution in [-0.2, 0) is 6.54 Å². The summed E-state index contributed by atoms with van der Waals surface area (Å²) in [5.41, 5.74) is 2.88. The van der Waals surface area contributed by atoms with Crippen LogP contribution in [0.2, 0.25) is 0 Å². The van der Waals surface area contributed by atoms with Crippen molar-refractivity contribution in [3.8, 4) is 0 Å². The van der Waals surface area contributed by atoms with Crippen molar-refractivity contribution >= 4 is 12.4 Å². The summed E-state index contributed by atoms with van der Waals surface area (Å²) >= 11 is 0. The highest BCUT2D eigenvalue weighted by atomic mass is 35.5. The van der Waals surface area contributed by atoms with Crippen LogP contribution in [-0.4, -0.2) is 35.1 Å². The van der Waals surface area contributed by atoms with E-state index in [1.807, 2.05) is 6.20 Å². The monoisotopic (exact) mass is 295 g/mol. The third-order valence-corrected chi connectivity index (χ3v) is 4.81. The molecule has 1 saturated carbocycles.